The van der Waals surface area contributed by atoms with E-state index in [9.17, 15) is 10.1 Å². The second-order valence-electron chi connectivity index (χ2n) is 5.35. The molecule has 2 rings (SSSR count). The Balaban J connectivity index is 2.14. The van der Waals surface area contributed by atoms with E-state index in [-0.39, 0.29) is 10.7 Å². The van der Waals surface area contributed by atoms with Gasteiger partial charge in [0.2, 0.25) is 0 Å². The van der Waals surface area contributed by atoms with Gasteiger partial charge in [-0.05, 0) is 50.3 Å². The second kappa shape index (κ2) is 6.41. The number of hydrogen-bond acceptors (Lipinski definition) is 4. The molecule has 1 aliphatic heterocycles. The molecule has 110 valence electrons. The Hall–Kier alpha value is -1.33. The van der Waals surface area contributed by atoms with Crippen molar-refractivity contribution in [3.63, 3.8) is 0 Å². The Morgan fingerprint density at radius 3 is 2.65 bits per heavy atom. The summed E-state index contributed by atoms with van der Waals surface area (Å²) >= 11 is 6.01. The third-order valence-electron chi connectivity index (χ3n) is 3.99. The van der Waals surface area contributed by atoms with Crippen LogP contribution in [0.15, 0.2) is 12.1 Å². The molecule has 0 unspecified atom stereocenters. The number of halogens is 1. The lowest BCUT2D eigenvalue weighted by Crippen LogP contribution is -2.34. The Labute approximate surface area is 123 Å². The molecule has 5 nitrogen and oxygen atoms in total. The second-order valence-corrected chi connectivity index (χ2v) is 5.76. The van der Waals surface area contributed by atoms with Gasteiger partial charge in [0, 0.05) is 24.8 Å². The predicted octanol–water partition coefficient (Wildman–Crippen LogP) is 3.12. The first-order valence-electron chi connectivity index (χ1n) is 6.92. The Morgan fingerprint density at radius 2 is 2.10 bits per heavy atom. The average molecular weight is 298 g/mol. The smallest absolute Gasteiger partial charge is 0.288 e. The van der Waals surface area contributed by atoms with E-state index < -0.39 is 4.92 Å². The summed E-state index contributed by atoms with van der Waals surface area (Å²) in [4.78, 5) is 12.7. The molecule has 0 atom stereocenters. The summed E-state index contributed by atoms with van der Waals surface area (Å²) in [5, 5.41) is 11.1. The van der Waals surface area contributed by atoms with Crippen LogP contribution in [0.25, 0.3) is 0 Å². The summed E-state index contributed by atoms with van der Waals surface area (Å²) in [5.74, 6) is 0.699. The summed E-state index contributed by atoms with van der Waals surface area (Å²) in [6.07, 6.45) is 3.31. The maximum atomic E-state index is 10.9. The van der Waals surface area contributed by atoms with Crippen molar-refractivity contribution in [2.24, 2.45) is 11.7 Å². The molecule has 1 heterocycles. The first-order chi connectivity index (χ1) is 9.52. The van der Waals surface area contributed by atoms with Gasteiger partial charge in [0.1, 0.15) is 5.02 Å². The van der Waals surface area contributed by atoms with E-state index in [4.69, 9.17) is 17.3 Å². The quantitative estimate of drug-likeness (QED) is 0.684. The zero-order chi connectivity index (χ0) is 14.7. The molecular weight excluding hydrogens is 278 g/mol. The van der Waals surface area contributed by atoms with E-state index >= 15 is 0 Å². The van der Waals surface area contributed by atoms with Crippen molar-refractivity contribution in [3.05, 3.63) is 32.8 Å². The molecule has 1 aromatic rings. The molecule has 0 aromatic heterocycles. The molecule has 20 heavy (non-hydrogen) atoms. The maximum Gasteiger partial charge on any atom is 0.288 e. The zero-order valence-corrected chi connectivity index (χ0v) is 12.4. The largest absolute Gasteiger partial charge is 0.371 e. The standard InChI is InChI=1S/C14H20ClN3O2/c1-10-8-14(18(19)20)12(15)9-13(10)17-6-3-11(2-5-16)4-7-17/h8-9,11H,2-7,16H2,1H3. The molecule has 1 fully saturated rings. The predicted molar refractivity (Wildman–Crippen MR) is 81.5 cm³/mol. The van der Waals surface area contributed by atoms with E-state index in [2.05, 4.69) is 4.90 Å². The summed E-state index contributed by atoms with van der Waals surface area (Å²) in [6.45, 7) is 4.55. The van der Waals surface area contributed by atoms with E-state index in [1.807, 2.05) is 6.92 Å². The molecule has 0 saturated carbocycles. The van der Waals surface area contributed by atoms with Crippen LogP contribution in [0.5, 0.6) is 0 Å². The van der Waals surface area contributed by atoms with Gasteiger partial charge in [-0.25, -0.2) is 0 Å². The van der Waals surface area contributed by atoms with Gasteiger partial charge in [0.25, 0.3) is 5.69 Å². The van der Waals surface area contributed by atoms with Crippen molar-refractivity contribution in [1.29, 1.82) is 0 Å². The minimum atomic E-state index is -0.438. The fraction of sp³-hybridized carbons (Fsp3) is 0.571. The normalized spacial score (nSPS) is 16.4. The van der Waals surface area contributed by atoms with Crippen molar-refractivity contribution in [2.45, 2.75) is 26.2 Å². The first kappa shape index (κ1) is 15.1. The highest BCUT2D eigenvalue weighted by atomic mass is 35.5. The van der Waals surface area contributed by atoms with Crippen LogP contribution < -0.4 is 10.6 Å². The Bertz CT molecular complexity index is 499. The van der Waals surface area contributed by atoms with Gasteiger partial charge in [-0.15, -0.1) is 0 Å². The molecule has 6 heteroatoms. The highest BCUT2D eigenvalue weighted by Gasteiger charge is 2.22. The number of aryl methyl sites for hydroxylation is 1. The summed E-state index contributed by atoms with van der Waals surface area (Å²) in [7, 11) is 0. The number of hydrogen-bond donors (Lipinski definition) is 1. The van der Waals surface area contributed by atoms with E-state index in [1.165, 1.54) is 0 Å². The molecule has 0 radical (unpaired) electrons. The Morgan fingerprint density at radius 1 is 1.45 bits per heavy atom. The lowest BCUT2D eigenvalue weighted by Gasteiger charge is -2.34. The molecule has 0 amide bonds. The lowest BCUT2D eigenvalue weighted by molar-refractivity contribution is -0.384. The van der Waals surface area contributed by atoms with Gasteiger partial charge < -0.3 is 10.6 Å². The maximum absolute atomic E-state index is 10.9. The van der Waals surface area contributed by atoms with Crippen molar-refractivity contribution in [3.8, 4) is 0 Å². The van der Waals surface area contributed by atoms with Gasteiger partial charge in [0.15, 0.2) is 0 Å². The number of nitrogens with zero attached hydrogens (tertiary/aromatic N) is 2. The van der Waals surface area contributed by atoms with Crippen LogP contribution in [0, 0.1) is 23.0 Å². The van der Waals surface area contributed by atoms with Gasteiger partial charge in [-0.3, -0.25) is 10.1 Å². The highest BCUT2D eigenvalue weighted by Crippen LogP contribution is 2.34. The van der Waals surface area contributed by atoms with Crippen LogP contribution in [0.4, 0.5) is 11.4 Å². The SMILES string of the molecule is Cc1cc([N+](=O)[O-])c(Cl)cc1N1CCC(CCN)CC1. The van der Waals surface area contributed by atoms with Crippen LogP contribution >= 0.6 is 11.6 Å². The molecule has 1 aromatic carbocycles. The molecular formula is C14H20ClN3O2. The van der Waals surface area contributed by atoms with Gasteiger partial charge in [-0.1, -0.05) is 11.6 Å². The number of anilines is 1. The first-order valence-corrected chi connectivity index (χ1v) is 7.30. The molecule has 0 aliphatic carbocycles. The van der Waals surface area contributed by atoms with Crippen molar-refractivity contribution < 1.29 is 4.92 Å². The van der Waals surface area contributed by atoms with Gasteiger partial charge in [-0.2, -0.15) is 0 Å². The lowest BCUT2D eigenvalue weighted by atomic mass is 9.93. The number of nitro benzene ring substituents is 1. The molecule has 2 N–H and O–H groups in total. The average Bonchev–Trinajstić information content (AvgIpc) is 2.42. The topological polar surface area (TPSA) is 72.4 Å². The van der Waals surface area contributed by atoms with E-state index in [1.54, 1.807) is 12.1 Å². The summed E-state index contributed by atoms with van der Waals surface area (Å²) in [6, 6.07) is 3.28. The third kappa shape index (κ3) is 3.22. The van der Waals surface area contributed by atoms with E-state index in [0.717, 1.165) is 50.1 Å². The number of rotatable bonds is 4. The van der Waals surface area contributed by atoms with Crippen molar-refractivity contribution in [2.75, 3.05) is 24.5 Å². The number of benzene rings is 1. The van der Waals surface area contributed by atoms with Crippen LogP contribution in [-0.2, 0) is 0 Å². The van der Waals surface area contributed by atoms with Crippen molar-refractivity contribution in [1.82, 2.24) is 0 Å². The minimum absolute atomic E-state index is 0.0223. The van der Waals surface area contributed by atoms with Crippen LogP contribution in [0.2, 0.25) is 5.02 Å². The third-order valence-corrected chi connectivity index (χ3v) is 4.29. The Kier molecular flexibility index (Phi) is 4.83. The van der Waals surface area contributed by atoms with Crippen LogP contribution in [0.1, 0.15) is 24.8 Å². The zero-order valence-electron chi connectivity index (χ0n) is 11.6. The van der Waals surface area contributed by atoms with Crippen LogP contribution in [0.3, 0.4) is 0 Å². The van der Waals surface area contributed by atoms with Crippen LogP contribution in [-0.4, -0.2) is 24.6 Å². The minimum Gasteiger partial charge on any atom is -0.371 e. The van der Waals surface area contributed by atoms with Gasteiger partial charge >= 0.3 is 0 Å². The number of nitro groups is 1. The molecule has 0 spiro atoms. The molecule has 0 bridgehead atoms. The van der Waals surface area contributed by atoms with Gasteiger partial charge in [0.05, 0.1) is 4.92 Å². The fourth-order valence-electron chi connectivity index (χ4n) is 2.83. The molecule has 1 saturated heterocycles. The highest BCUT2D eigenvalue weighted by molar-refractivity contribution is 6.33. The fourth-order valence-corrected chi connectivity index (χ4v) is 3.06. The summed E-state index contributed by atoms with van der Waals surface area (Å²) in [5.41, 5.74) is 7.48. The number of piperidine rings is 1. The number of nitrogens with two attached hydrogens (primary N) is 1. The van der Waals surface area contributed by atoms with E-state index in [0.29, 0.717) is 5.92 Å². The van der Waals surface area contributed by atoms with Crippen molar-refractivity contribution >= 4 is 23.0 Å². The summed E-state index contributed by atoms with van der Waals surface area (Å²) < 4.78 is 0. The molecule has 1 aliphatic rings. The monoisotopic (exact) mass is 297 g/mol.